The zero-order chi connectivity index (χ0) is 6.91. The van der Waals surface area contributed by atoms with Gasteiger partial charge >= 0.3 is 0 Å². The smallest absolute Gasteiger partial charge is 0.128 e. The summed E-state index contributed by atoms with van der Waals surface area (Å²) in [5, 5.41) is 0. The molecular weight excluding hydrogens is 224 g/mol. The molecule has 0 bridgehead atoms. The summed E-state index contributed by atoms with van der Waals surface area (Å²) in [5.41, 5.74) is 0.557. The van der Waals surface area contributed by atoms with Crippen LogP contribution in [0.4, 0.5) is 0 Å². The first-order chi connectivity index (χ1) is 4.19. The number of hydrogen-bond donors (Lipinski definition) is 0. The topological polar surface area (TPSA) is 3.24 Å². The van der Waals surface area contributed by atoms with Gasteiger partial charge in [-0.05, 0) is 31.9 Å². The quantitative estimate of drug-likeness (QED) is 0.383. The monoisotopic (exact) mass is 237 g/mol. The van der Waals surface area contributed by atoms with Crippen LogP contribution in [0.15, 0.2) is 0 Å². The molecule has 0 aromatic carbocycles. The van der Waals surface area contributed by atoms with Crippen molar-refractivity contribution >= 4 is 30.4 Å². The van der Waals surface area contributed by atoms with Crippen molar-refractivity contribution in [1.82, 2.24) is 4.90 Å². The lowest BCUT2D eigenvalue weighted by atomic mass is 9.66. The highest BCUT2D eigenvalue weighted by Crippen LogP contribution is 2.28. The van der Waals surface area contributed by atoms with E-state index in [0.717, 1.165) is 0 Å². The predicted octanol–water partition coefficient (Wildman–Crippen LogP) is 0.476. The highest BCUT2D eigenvalue weighted by atomic mass is 127. The van der Waals surface area contributed by atoms with Crippen molar-refractivity contribution in [3.8, 4) is 0 Å². The standard InChI is InChI=1S/C6H13BIN/c1-9-5-3-6(9,7)2-4-8/h2-5,7H2,1H3. The first-order valence-corrected chi connectivity index (χ1v) is 4.99. The summed E-state index contributed by atoms with van der Waals surface area (Å²) in [7, 11) is 4.57. The van der Waals surface area contributed by atoms with Crippen molar-refractivity contribution in [3.63, 3.8) is 0 Å². The Labute approximate surface area is 71.7 Å². The van der Waals surface area contributed by atoms with E-state index < -0.39 is 0 Å². The minimum Gasteiger partial charge on any atom is -0.308 e. The van der Waals surface area contributed by atoms with Gasteiger partial charge in [-0.2, -0.15) is 0 Å². The molecule has 0 amide bonds. The molecule has 9 heavy (non-hydrogen) atoms. The van der Waals surface area contributed by atoms with Crippen LogP contribution >= 0.6 is 22.6 Å². The molecule has 1 nitrogen and oxygen atoms in total. The van der Waals surface area contributed by atoms with Gasteiger partial charge in [0.1, 0.15) is 7.85 Å². The van der Waals surface area contributed by atoms with Gasteiger partial charge in [0, 0.05) is 4.43 Å². The largest absolute Gasteiger partial charge is 0.308 e. The van der Waals surface area contributed by atoms with E-state index in [0.29, 0.717) is 5.44 Å². The predicted molar refractivity (Wildman–Crippen MR) is 52.0 cm³/mol. The molecule has 3 heteroatoms. The minimum atomic E-state index is 0.557. The van der Waals surface area contributed by atoms with E-state index >= 15 is 0 Å². The van der Waals surface area contributed by atoms with Crippen LogP contribution in [-0.4, -0.2) is 36.2 Å². The number of rotatable bonds is 2. The van der Waals surface area contributed by atoms with Gasteiger partial charge in [-0.15, -0.1) is 0 Å². The third-order valence-electron chi connectivity index (χ3n) is 2.54. The number of hydrogen-bond acceptors (Lipinski definition) is 1. The van der Waals surface area contributed by atoms with E-state index in [4.69, 9.17) is 0 Å². The van der Waals surface area contributed by atoms with E-state index in [9.17, 15) is 0 Å². The summed E-state index contributed by atoms with van der Waals surface area (Å²) >= 11 is 2.45. The highest BCUT2D eigenvalue weighted by molar-refractivity contribution is 14.1. The molecule has 1 atom stereocenters. The second-order valence-electron chi connectivity index (χ2n) is 3.11. The first-order valence-electron chi connectivity index (χ1n) is 3.46. The second kappa shape index (κ2) is 2.78. The Morgan fingerprint density at radius 2 is 2.44 bits per heavy atom. The Kier molecular flexibility index (Phi) is 2.43. The molecule has 0 aromatic heterocycles. The maximum Gasteiger partial charge on any atom is 0.128 e. The van der Waals surface area contributed by atoms with Crippen LogP contribution in [0, 0.1) is 0 Å². The van der Waals surface area contributed by atoms with Gasteiger partial charge in [0.15, 0.2) is 0 Å². The Hall–Kier alpha value is 0.755. The third-order valence-corrected chi connectivity index (χ3v) is 3.08. The zero-order valence-corrected chi connectivity index (χ0v) is 8.31. The first kappa shape index (κ1) is 7.86. The van der Waals surface area contributed by atoms with Crippen LogP contribution in [0.25, 0.3) is 0 Å². The zero-order valence-electron chi connectivity index (χ0n) is 6.15. The van der Waals surface area contributed by atoms with Crippen molar-refractivity contribution in [1.29, 1.82) is 0 Å². The average Bonchev–Trinajstić information content (AvgIpc) is 1.86. The summed E-state index contributed by atoms with van der Waals surface area (Å²) in [6.45, 7) is 1.30. The molecule has 0 aromatic rings. The number of likely N-dealkylation sites (tertiary alicyclic amines) is 1. The summed E-state index contributed by atoms with van der Waals surface area (Å²) in [6.07, 6.45) is 2.75. The molecule has 1 saturated heterocycles. The molecule has 1 aliphatic rings. The molecule has 0 radical (unpaired) electrons. The molecular formula is C6H13BIN. The number of nitrogens with zero attached hydrogens (tertiary/aromatic N) is 1. The SMILES string of the molecule is BC1(CCI)CCN1C. The second-order valence-corrected chi connectivity index (χ2v) is 4.19. The van der Waals surface area contributed by atoms with E-state index in [-0.39, 0.29) is 0 Å². The molecule has 0 spiro atoms. The number of halogens is 1. The third kappa shape index (κ3) is 1.42. The van der Waals surface area contributed by atoms with E-state index in [1.54, 1.807) is 0 Å². The fraction of sp³-hybridized carbons (Fsp3) is 1.00. The Bertz CT molecular complexity index is 109. The molecule has 52 valence electrons. The molecule has 0 aliphatic carbocycles. The minimum absolute atomic E-state index is 0.557. The van der Waals surface area contributed by atoms with E-state index in [1.807, 2.05) is 0 Å². The van der Waals surface area contributed by atoms with Crippen LogP contribution < -0.4 is 0 Å². The van der Waals surface area contributed by atoms with Gasteiger partial charge in [-0.1, -0.05) is 22.6 Å². The van der Waals surface area contributed by atoms with Gasteiger partial charge in [0.2, 0.25) is 0 Å². The molecule has 1 aliphatic heterocycles. The van der Waals surface area contributed by atoms with E-state index in [1.165, 1.54) is 23.8 Å². The lowest BCUT2D eigenvalue weighted by Gasteiger charge is -2.49. The maximum absolute atomic E-state index is 2.45. The Morgan fingerprint density at radius 3 is 2.56 bits per heavy atom. The molecule has 0 saturated carbocycles. The van der Waals surface area contributed by atoms with Crippen LogP contribution in [0.1, 0.15) is 12.8 Å². The van der Waals surface area contributed by atoms with Crippen LogP contribution in [0.3, 0.4) is 0 Å². The molecule has 1 unspecified atom stereocenters. The van der Waals surface area contributed by atoms with Crippen molar-refractivity contribution in [2.24, 2.45) is 0 Å². The van der Waals surface area contributed by atoms with Crippen LogP contribution in [0.2, 0.25) is 0 Å². The number of alkyl halides is 1. The van der Waals surface area contributed by atoms with Crippen molar-refractivity contribution in [2.75, 3.05) is 18.0 Å². The lowest BCUT2D eigenvalue weighted by Crippen LogP contribution is -2.58. The summed E-state index contributed by atoms with van der Waals surface area (Å²) in [4.78, 5) is 2.45. The van der Waals surface area contributed by atoms with Crippen LogP contribution in [-0.2, 0) is 0 Å². The fourth-order valence-corrected chi connectivity index (χ4v) is 2.40. The van der Waals surface area contributed by atoms with Gasteiger partial charge in [0.05, 0.1) is 0 Å². The molecule has 1 fully saturated rings. The van der Waals surface area contributed by atoms with Crippen molar-refractivity contribution < 1.29 is 0 Å². The highest BCUT2D eigenvalue weighted by Gasteiger charge is 2.35. The summed E-state index contributed by atoms with van der Waals surface area (Å²) in [5.74, 6) is 0. The Balaban J connectivity index is 2.34. The van der Waals surface area contributed by atoms with Crippen LogP contribution in [0.5, 0.6) is 0 Å². The average molecular weight is 237 g/mol. The van der Waals surface area contributed by atoms with Gasteiger partial charge in [-0.3, -0.25) is 0 Å². The lowest BCUT2D eigenvalue weighted by molar-refractivity contribution is 0.0842. The summed E-state index contributed by atoms with van der Waals surface area (Å²) < 4.78 is 1.29. The maximum atomic E-state index is 2.45. The van der Waals surface area contributed by atoms with Crippen molar-refractivity contribution in [3.05, 3.63) is 0 Å². The fourth-order valence-electron chi connectivity index (χ4n) is 1.24. The molecule has 0 N–H and O–H groups in total. The van der Waals surface area contributed by atoms with Gasteiger partial charge < -0.3 is 4.90 Å². The normalized spacial score (nSPS) is 36.2. The van der Waals surface area contributed by atoms with E-state index in [2.05, 4.69) is 42.4 Å². The van der Waals surface area contributed by atoms with Crippen molar-refractivity contribution in [2.45, 2.75) is 18.3 Å². The Morgan fingerprint density at radius 1 is 1.78 bits per heavy atom. The molecule has 1 heterocycles. The van der Waals surface area contributed by atoms with Gasteiger partial charge in [-0.25, -0.2) is 0 Å². The summed E-state index contributed by atoms with van der Waals surface area (Å²) in [6, 6.07) is 0. The van der Waals surface area contributed by atoms with Gasteiger partial charge in [0.25, 0.3) is 0 Å². The molecule has 1 rings (SSSR count).